The van der Waals surface area contributed by atoms with E-state index in [9.17, 15) is 9.59 Å². The molecule has 112 valence electrons. The highest BCUT2D eigenvalue weighted by Crippen LogP contribution is 2.04. The lowest BCUT2D eigenvalue weighted by Gasteiger charge is -2.19. The van der Waals surface area contributed by atoms with Crippen LogP contribution in [0, 0.1) is 11.8 Å². The molecule has 0 fully saturated rings. The molecule has 1 aromatic heterocycles. The summed E-state index contributed by atoms with van der Waals surface area (Å²) in [7, 11) is 1.53. The minimum absolute atomic E-state index is 0.00553. The van der Waals surface area contributed by atoms with Crippen LogP contribution in [0.1, 0.15) is 29.4 Å². The first-order valence-electron chi connectivity index (χ1n) is 6.68. The lowest BCUT2D eigenvalue weighted by Crippen LogP contribution is -2.39. The largest absolute Gasteiger partial charge is 0.395 e. The summed E-state index contributed by atoms with van der Waals surface area (Å²) < 4.78 is 0. The Morgan fingerprint density at radius 3 is 2.71 bits per heavy atom. The second-order valence-corrected chi connectivity index (χ2v) is 4.20. The Hall–Kier alpha value is -2.39. The van der Waals surface area contributed by atoms with Gasteiger partial charge in [0.1, 0.15) is 5.69 Å². The molecule has 6 nitrogen and oxygen atoms in total. The van der Waals surface area contributed by atoms with Crippen molar-refractivity contribution in [2.45, 2.75) is 13.3 Å². The van der Waals surface area contributed by atoms with Gasteiger partial charge in [0.2, 0.25) is 5.91 Å². The average Bonchev–Trinajstić information content (AvgIpc) is 2.52. The summed E-state index contributed by atoms with van der Waals surface area (Å²) in [4.78, 5) is 29.1. The Morgan fingerprint density at radius 1 is 1.43 bits per heavy atom. The molecule has 2 N–H and O–H groups in total. The van der Waals surface area contributed by atoms with Crippen molar-refractivity contribution in [3.05, 3.63) is 29.6 Å². The van der Waals surface area contributed by atoms with Gasteiger partial charge in [-0.1, -0.05) is 11.8 Å². The topological polar surface area (TPSA) is 82.5 Å². The van der Waals surface area contributed by atoms with E-state index in [0.717, 1.165) is 0 Å². The summed E-state index contributed by atoms with van der Waals surface area (Å²) in [5.74, 6) is 5.09. The van der Waals surface area contributed by atoms with E-state index in [-0.39, 0.29) is 30.7 Å². The zero-order valence-corrected chi connectivity index (χ0v) is 12.2. The zero-order chi connectivity index (χ0) is 15.7. The summed E-state index contributed by atoms with van der Waals surface area (Å²) in [6.07, 6.45) is 1.90. The molecule has 0 saturated carbocycles. The number of aliphatic hydroxyl groups is 1. The number of carbonyl (C=O) groups is 2. The molecule has 1 aromatic rings. The number of likely N-dealkylation sites (N-methyl/N-ethyl adjacent to an activating group) is 2. The van der Waals surface area contributed by atoms with Crippen LogP contribution in [-0.4, -0.2) is 53.5 Å². The third-order valence-electron chi connectivity index (χ3n) is 2.73. The van der Waals surface area contributed by atoms with E-state index in [1.54, 1.807) is 19.1 Å². The quantitative estimate of drug-likeness (QED) is 0.749. The molecular weight excluding hydrogens is 270 g/mol. The maximum absolute atomic E-state index is 12.2. The Morgan fingerprint density at radius 2 is 2.19 bits per heavy atom. The molecule has 0 atom stereocenters. The highest BCUT2D eigenvalue weighted by atomic mass is 16.2. The SMILES string of the molecule is CCN(CC(=O)NC)C(=O)c1ccc(C#CCCO)cn1. The van der Waals surface area contributed by atoms with Crippen molar-refractivity contribution in [3.63, 3.8) is 0 Å². The standard InChI is InChI=1S/C15H19N3O3/c1-3-18(11-14(20)16-2)15(21)13-8-7-12(10-17-13)6-4-5-9-19/h7-8,10,19H,3,5,9,11H2,1-2H3,(H,16,20). The summed E-state index contributed by atoms with van der Waals surface area (Å²) in [6, 6.07) is 3.27. The maximum atomic E-state index is 12.2. The highest BCUT2D eigenvalue weighted by molar-refractivity contribution is 5.94. The fraction of sp³-hybridized carbons (Fsp3) is 0.400. The number of hydrogen-bond acceptors (Lipinski definition) is 4. The zero-order valence-electron chi connectivity index (χ0n) is 12.2. The Kier molecular flexibility index (Phi) is 6.92. The average molecular weight is 289 g/mol. The molecule has 0 aromatic carbocycles. The van der Waals surface area contributed by atoms with Gasteiger partial charge in [-0.2, -0.15) is 0 Å². The van der Waals surface area contributed by atoms with Gasteiger partial charge in [-0.05, 0) is 19.1 Å². The predicted molar refractivity (Wildman–Crippen MR) is 78.5 cm³/mol. The Bertz CT molecular complexity index is 544. The van der Waals surface area contributed by atoms with Gasteiger partial charge in [-0.15, -0.1) is 0 Å². The fourth-order valence-corrected chi connectivity index (χ4v) is 1.56. The van der Waals surface area contributed by atoms with Gasteiger partial charge in [0.25, 0.3) is 5.91 Å². The second-order valence-electron chi connectivity index (χ2n) is 4.20. The van der Waals surface area contributed by atoms with Crippen LogP contribution in [-0.2, 0) is 4.79 Å². The van der Waals surface area contributed by atoms with Crippen molar-refractivity contribution < 1.29 is 14.7 Å². The number of aromatic nitrogens is 1. The van der Waals surface area contributed by atoms with Crippen molar-refractivity contribution in [1.82, 2.24) is 15.2 Å². The number of nitrogens with one attached hydrogen (secondary N) is 1. The monoisotopic (exact) mass is 289 g/mol. The van der Waals surface area contributed by atoms with Gasteiger partial charge in [0.15, 0.2) is 0 Å². The van der Waals surface area contributed by atoms with E-state index in [1.807, 2.05) is 0 Å². The normalized spacial score (nSPS) is 9.48. The molecule has 0 saturated heterocycles. The van der Waals surface area contributed by atoms with Gasteiger partial charge < -0.3 is 15.3 Å². The lowest BCUT2D eigenvalue weighted by atomic mass is 10.2. The molecule has 0 unspecified atom stereocenters. The number of rotatable bonds is 5. The predicted octanol–water partition coefficient (Wildman–Crippen LogP) is 0.0236. The number of amides is 2. The van der Waals surface area contributed by atoms with Crippen molar-refractivity contribution in [1.29, 1.82) is 0 Å². The molecule has 0 aliphatic heterocycles. The molecule has 1 rings (SSSR count). The first-order valence-corrected chi connectivity index (χ1v) is 6.68. The van der Waals surface area contributed by atoms with E-state index in [1.165, 1.54) is 18.1 Å². The molecular formula is C15H19N3O3. The minimum Gasteiger partial charge on any atom is -0.395 e. The van der Waals surface area contributed by atoms with Gasteiger partial charge in [-0.25, -0.2) is 4.98 Å². The molecule has 0 aliphatic rings. The fourth-order valence-electron chi connectivity index (χ4n) is 1.56. The summed E-state index contributed by atoms with van der Waals surface area (Å²) in [5.41, 5.74) is 0.947. The highest BCUT2D eigenvalue weighted by Gasteiger charge is 2.17. The van der Waals surface area contributed by atoms with Crippen LogP contribution in [0.5, 0.6) is 0 Å². The van der Waals surface area contributed by atoms with E-state index in [4.69, 9.17) is 5.11 Å². The van der Waals surface area contributed by atoms with Crippen LogP contribution in [0.4, 0.5) is 0 Å². The first-order chi connectivity index (χ1) is 10.1. The molecule has 2 amide bonds. The van der Waals surface area contributed by atoms with Gasteiger partial charge >= 0.3 is 0 Å². The molecule has 0 bridgehead atoms. The van der Waals surface area contributed by atoms with Crippen LogP contribution in [0.2, 0.25) is 0 Å². The van der Waals surface area contributed by atoms with E-state index in [2.05, 4.69) is 22.1 Å². The lowest BCUT2D eigenvalue weighted by molar-refractivity contribution is -0.121. The van der Waals surface area contributed by atoms with E-state index < -0.39 is 0 Å². The Labute approximate surface area is 124 Å². The number of nitrogens with zero attached hydrogens (tertiary/aromatic N) is 2. The number of carbonyl (C=O) groups excluding carboxylic acids is 2. The number of aliphatic hydroxyl groups excluding tert-OH is 1. The van der Waals surface area contributed by atoms with Crippen molar-refractivity contribution in [2.75, 3.05) is 26.7 Å². The van der Waals surface area contributed by atoms with Crippen LogP contribution in [0.15, 0.2) is 18.3 Å². The van der Waals surface area contributed by atoms with Gasteiger partial charge in [0.05, 0.1) is 13.2 Å². The van der Waals surface area contributed by atoms with Crippen LogP contribution in [0.3, 0.4) is 0 Å². The first kappa shape index (κ1) is 16.7. The molecule has 0 radical (unpaired) electrons. The van der Waals surface area contributed by atoms with Gasteiger partial charge in [0, 0.05) is 31.8 Å². The third kappa shape index (κ3) is 5.24. The molecule has 21 heavy (non-hydrogen) atoms. The smallest absolute Gasteiger partial charge is 0.272 e. The molecule has 0 aliphatic carbocycles. The van der Waals surface area contributed by atoms with E-state index >= 15 is 0 Å². The molecule has 0 spiro atoms. The van der Waals surface area contributed by atoms with Crippen molar-refractivity contribution in [2.24, 2.45) is 0 Å². The maximum Gasteiger partial charge on any atom is 0.272 e. The summed E-state index contributed by atoms with van der Waals surface area (Å²) in [6.45, 7) is 2.25. The second kappa shape index (κ2) is 8.72. The van der Waals surface area contributed by atoms with Crippen LogP contribution in [0.25, 0.3) is 0 Å². The summed E-state index contributed by atoms with van der Waals surface area (Å²) >= 11 is 0. The van der Waals surface area contributed by atoms with Crippen molar-refractivity contribution in [3.8, 4) is 11.8 Å². The van der Waals surface area contributed by atoms with Crippen molar-refractivity contribution >= 4 is 11.8 Å². The van der Waals surface area contributed by atoms with E-state index in [0.29, 0.717) is 18.5 Å². The Balaban J connectivity index is 2.78. The molecule has 6 heteroatoms. The molecule has 1 heterocycles. The van der Waals surface area contributed by atoms with Crippen LogP contribution >= 0.6 is 0 Å². The minimum atomic E-state index is -0.295. The summed E-state index contributed by atoms with van der Waals surface area (Å²) in [5, 5.41) is 11.1. The third-order valence-corrected chi connectivity index (χ3v) is 2.73. The van der Waals surface area contributed by atoms with Gasteiger partial charge in [-0.3, -0.25) is 9.59 Å². The number of hydrogen-bond donors (Lipinski definition) is 2. The number of pyridine rings is 1. The van der Waals surface area contributed by atoms with Crippen LogP contribution < -0.4 is 5.32 Å².